The van der Waals surface area contributed by atoms with Gasteiger partial charge in [-0.05, 0) is 34.5 Å². The Morgan fingerprint density at radius 1 is 1.22 bits per heavy atom. The molecule has 1 amide bonds. The highest BCUT2D eigenvalue weighted by molar-refractivity contribution is 9.10. The largest absolute Gasteiger partial charge is 0.311 e. The molecule has 0 saturated heterocycles. The number of anilines is 1. The van der Waals surface area contributed by atoms with E-state index in [0.29, 0.717) is 12.2 Å². The van der Waals surface area contributed by atoms with Crippen molar-refractivity contribution in [1.82, 2.24) is 4.98 Å². The summed E-state index contributed by atoms with van der Waals surface area (Å²) in [5.74, 6) is 0.663. The number of unbranched alkanes of at least 4 members (excludes halogenated alkanes) is 5. The number of aromatic nitrogens is 1. The molecule has 100 valence electrons. The number of nitrogens with one attached hydrogen (secondary N) is 1. The minimum atomic E-state index is 0.0519. The fourth-order valence-corrected chi connectivity index (χ4v) is 2.09. The van der Waals surface area contributed by atoms with E-state index >= 15 is 0 Å². The first kappa shape index (κ1) is 15.2. The molecule has 0 unspecified atom stereocenters. The Hall–Kier alpha value is -0.900. The first-order valence-corrected chi connectivity index (χ1v) is 7.44. The SMILES string of the molecule is CCCCCCCCC(=O)Nc1cccc(Br)n1. The van der Waals surface area contributed by atoms with Crippen LogP contribution in [0.4, 0.5) is 5.82 Å². The van der Waals surface area contributed by atoms with Crippen LogP contribution < -0.4 is 5.32 Å². The third-order valence-corrected chi connectivity index (χ3v) is 3.18. The van der Waals surface area contributed by atoms with Crippen molar-refractivity contribution in [2.24, 2.45) is 0 Å². The Morgan fingerprint density at radius 2 is 1.94 bits per heavy atom. The van der Waals surface area contributed by atoms with E-state index in [1.807, 2.05) is 12.1 Å². The molecule has 1 aromatic rings. The molecule has 1 N–H and O–H groups in total. The van der Waals surface area contributed by atoms with Crippen molar-refractivity contribution in [3.05, 3.63) is 22.8 Å². The van der Waals surface area contributed by atoms with E-state index in [1.165, 1.54) is 25.7 Å². The summed E-state index contributed by atoms with van der Waals surface area (Å²) >= 11 is 3.28. The predicted molar refractivity (Wildman–Crippen MR) is 78.6 cm³/mol. The summed E-state index contributed by atoms with van der Waals surface area (Å²) in [7, 11) is 0. The number of hydrogen-bond acceptors (Lipinski definition) is 2. The van der Waals surface area contributed by atoms with Crippen LogP contribution in [0.3, 0.4) is 0 Å². The third-order valence-electron chi connectivity index (χ3n) is 2.74. The van der Waals surface area contributed by atoms with Crippen molar-refractivity contribution in [3.63, 3.8) is 0 Å². The Kier molecular flexibility index (Phi) is 7.65. The predicted octanol–water partition coefficient (Wildman–Crippen LogP) is 4.53. The van der Waals surface area contributed by atoms with Gasteiger partial charge in [-0.15, -0.1) is 0 Å². The molecule has 0 bridgehead atoms. The van der Waals surface area contributed by atoms with Gasteiger partial charge in [0, 0.05) is 6.42 Å². The summed E-state index contributed by atoms with van der Waals surface area (Å²) in [6.07, 6.45) is 7.76. The monoisotopic (exact) mass is 312 g/mol. The van der Waals surface area contributed by atoms with Crippen molar-refractivity contribution in [2.75, 3.05) is 5.32 Å². The molecule has 0 spiro atoms. The molecule has 0 saturated carbocycles. The summed E-state index contributed by atoms with van der Waals surface area (Å²) < 4.78 is 0.736. The molecule has 1 rings (SSSR count). The lowest BCUT2D eigenvalue weighted by molar-refractivity contribution is -0.116. The molecule has 0 fully saturated rings. The zero-order valence-electron chi connectivity index (χ0n) is 10.9. The summed E-state index contributed by atoms with van der Waals surface area (Å²) in [5, 5.41) is 2.80. The molecule has 0 aliphatic heterocycles. The standard InChI is InChI=1S/C14H21BrN2O/c1-2-3-4-5-6-7-11-14(18)17-13-10-8-9-12(15)16-13/h8-10H,2-7,11H2,1H3,(H,16,17,18). The van der Waals surface area contributed by atoms with Crippen LogP contribution in [-0.2, 0) is 4.79 Å². The maximum absolute atomic E-state index is 11.6. The van der Waals surface area contributed by atoms with Gasteiger partial charge >= 0.3 is 0 Å². The van der Waals surface area contributed by atoms with E-state index in [4.69, 9.17) is 0 Å². The van der Waals surface area contributed by atoms with Crippen LogP contribution in [0.5, 0.6) is 0 Å². The molecule has 0 radical (unpaired) electrons. The molecule has 1 heterocycles. The Labute approximate surface area is 118 Å². The number of rotatable bonds is 8. The molecule has 0 aromatic carbocycles. The quantitative estimate of drug-likeness (QED) is 0.566. The summed E-state index contributed by atoms with van der Waals surface area (Å²) in [6, 6.07) is 5.49. The lowest BCUT2D eigenvalue weighted by Crippen LogP contribution is -2.12. The molecule has 1 aromatic heterocycles. The normalized spacial score (nSPS) is 10.3. The van der Waals surface area contributed by atoms with Crippen LogP contribution in [-0.4, -0.2) is 10.9 Å². The highest BCUT2D eigenvalue weighted by Crippen LogP contribution is 2.11. The van der Waals surface area contributed by atoms with Gasteiger partial charge in [-0.1, -0.05) is 45.1 Å². The second kappa shape index (κ2) is 9.09. The number of carbonyl (C=O) groups excluding carboxylic acids is 1. The van der Waals surface area contributed by atoms with Crippen LogP contribution in [0, 0.1) is 0 Å². The third kappa shape index (κ3) is 6.74. The first-order chi connectivity index (χ1) is 8.72. The maximum Gasteiger partial charge on any atom is 0.225 e. The molecule has 0 aliphatic carbocycles. The second-order valence-corrected chi connectivity index (χ2v) is 5.22. The van der Waals surface area contributed by atoms with Crippen LogP contribution in [0.1, 0.15) is 51.9 Å². The van der Waals surface area contributed by atoms with Gasteiger partial charge in [0.05, 0.1) is 0 Å². The van der Waals surface area contributed by atoms with E-state index < -0.39 is 0 Å². The van der Waals surface area contributed by atoms with Gasteiger partial charge in [0.25, 0.3) is 0 Å². The Bertz CT molecular complexity index is 369. The number of halogens is 1. The first-order valence-electron chi connectivity index (χ1n) is 6.64. The fourth-order valence-electron chi connectivity index (χ4n) is 1.75. The van der Waals surface area contributed by atoms with Crippen molar-refractivity contribution in [3.8, 4) is 0 Å². The second-order valence-electron chi connectivity index (χ2n) is 4.41. The van der Waals surface area contributed by atoms with E-state index in [2.05, 4.69) is 33.2 Å². The fraction of sp³-hybridized carbons (Fsp3) is 0.571. The molecular formula is C14H21BrN2O. The minimum Gasteiger partial charge on any atom is -0.311 e. The van der Waals surface area contributed by atoms with Gasteiger partial charge in [0.2, 0.25) is 5.91 Å². The number of nitrogens with zero attached hydrogens (tertiary/aromatic N) is 1. The van der Waals surface area contributed by atoms with E-state index in [1.54, 1.807) is 6.07 Å². The zero-order chi connectivity index (χ0) is 13.2. The topological polar surface area (TPSA) is 42.0 Å². The van der Waals surface area contributed by atoms with Gasteiger partial charge < -0.3 is 5.32 Å². The maximum atomic E-state index is 11.6. The molecule has 4 heteroatoms. The van der Waals surface area contributed by atoms with Crippen LogP contribution in [0.2, 0.25) is 0 Å². The lowest BCUT2D eigenvalue weighted by atomic mass is 10.1. The van der Waals surface area contributed by atoms with Gasteiger partial charge in [0.1, 0.15) is 10.4 Å². The Balaban J connectivity index is 2.14. The van der Waals surface area contributed by atoms with Crippen molar-refractivity contribution >= 4 is 27.7 Å². The summed E-state index contributed by atoms with van der Waals surface area (Å²) in [4.78, 5) is 15.8. The minimum absolute atomic E-state index is 0.0519. The molecule has 18 heavy (non-hydrogen) atoms. The van der Waals surface area contributed by atoms with Crippen LogP contribution in [0.15, 0.2) is 22.8 Å². The highest BCUT2D eigenvalue weighted by atomic mass is 79.9. The average Bonchev–Trinajstić information content (AvgIpc) is 2.33. The molecule has 0 aliphatic rings. The Morgan fingerprint density at radius 3 is 2.67 bits per heavy atom. The molecule has 3 nitrogen and oxygen atoms in total. The highest BCUT2D eigenvalue weighted by Gasteiger charge is 2.03. The van der Waals surface area contributed by atoms with Crippen molar-refractivity contribution in [1.29, 1.82) is 0 Å². The van der Waals surface area contributed by atoms with Gasteiger partial charge in [-0.2, -0.15) is 0 Å². The van der Waals surface area contributed by atoms with Crippen LogP contribution >= 0.6 is 15.9 Å². The van der Waals surface area contributed by atoms with Gasteiger partial charge in [-0.3, -0.25) is 4.79 Å². The van der Waals surface area contributed by atoms with Crippen molar-refractivity contribution in [2.45, 2.75) is 51.9 Å². The van der Waals surface area contributed by atoms with Gasteiger partial charge in [0.15, 0.2) is 0 Å². The van der Waals surface area contributed by atoms with Crippen LogP contribution in [0.25, 0.3) is 0 Å². The van der Waals surface area contributed by atoms with E-state index in [9.17, 15) is 4.79 Å². The van der Waals surface area contributed by atoms with Gasteiger partial charge in [-0.25, -0.2) is 4.98 Å². The number of pyridine rings is 1. The van der Waals surface area contributed by atoms with Crippen molar-refractivity contribution < 1.29 is 4.79 Å². The molecule has 0 atom stereocenters. The smallest absolute Gasteiger partial charge is 0.225 e. The average molecular weight is 313 g/mol. The number of carbonyl (C=O) groups is 1. The summed E-state index contributed by atoms with van der Waals surface area (Å²) in [6.45, 7) is 2.21. The lowest BCUT2D eigenvalue weighted by Gasteiger charge is -2.04. The molecular weight excluding hydrogens is 292 g/mol. The van der Waals surface area contributed by atoms with E-state index in [0.717, 1.165) is 17.4 Å². The summed E-state index contributed by atoms with van der Waals surface area (Å²) in [5.41, 5.74) is 0. The number of amides is 1. The number of hydrogen-bond donors (Lipinski definition) is 1. The van der Waals surface area contributed by atoms with E-state index in [-0.39, 0.29) is 5.91 Å². The zero-order valence-corrected chi connectivity index (χ0v) is 12.5.